The molecular weight excluding hydrogens is 494 g/mol. The van der Waals surface area contributed by atoms with Gasteiger partial charge in [0, 0.05) is 16.1 Å². The highest BCUT2D eigenvalue weighted by atomic mass is 79.9. The summed E-state index contributed by atoms with van der Waals surface area (Å²) in [6, 6.07) is 14.3. The van der Waals surface area contributed by atoms with Crippen molar-refractivity contribution in [3.8, 4) is 11.5 Å². The van der Waals surface area contributed by atoms with E-state index in [1.807, 2.05) is 0 Å². The first-order valence-corrected chi connectivity index (χ1v) is 10.3. The molecule has 0 aliphatic carbocycles. The van der Waals surface area contributed by atoms with Gasteiger partial charge in [-0.1, -0.05) is 28.1 Å². The Kier molecular flexibility index (Phi) is 8.14. The smallest absolute Gasteiger partial charge is 0.336 e. The average molecular weight is 512 g/mol. The number of phenolic OH excluding ortho intramolecular Hbond substituents is 1. The maximum atomic E-state index is 12.1. The molecule has 0 aliphatic rings. The van der Waals surface area contributed by atoms with E-state index in [1.165, 1.54) is 36.8 Å². The third-order valence-corrected chi connectivity index (χ3v) is 4.55. The number of para-hydroxylation sites is 1. The zero-order chi connectivity index (χ0) is 23.6. The number of hydrazone groups is 1. The lowest BCUT2D eigenvalue weighted by Crippen LogP contribution is -2.34. The fraction of sp³-hybridized carbons (Fsp3) is 0.0435. The molecule has 0 radical (unpaired) electrons. The molecule has 1 aromatic heterocycles. The summed E-state index contributed by atoms with van der Waals surface area (Å²) in [4.78, 5) is 36.1. The number of furan rings is 1. The monoisotopic (exact) mass is 511 g/mol. The first-order valence-electron chi connectivity index (χ1n) is 9.53. The van der Waals surface area contributed by atoms with Crippen LogP contribution in [0.4, 0.5) is 0 Å². The number of phenols is 1. The Labute approximate surface area is 196 Å². The first kappa shape index (κ1) is 23.5. The van der Waals surface area contributed by atoms with Crippen LogP contribution in [-0.4, -0.2) is 35.6 Å². The van der Waals surface area contributed by atoms with Crippen LogP contribution in [0, 0.1) is 0 Å². The Morgan fingerprint density at radius 3 is 2.70 bits per heavy atom. The molecule has 10 heteroatoms. The normalized spacial score (nSPS) is 10.9. The van der Waals surface area contributed by atoms with Crippen LogP contribution in [0.1, 0.15) is 21.7 Å². The lowest BCUT2D eigenvalue weighted by atomic mass is 10.2. The van der Waals surface area contributed by atoms with E-state index in [2.05, 4.69) is 31.8 Å². The second kappa shape index (κ2) is 11.4. The molecule has 0 saturated heterocycles. The zero-order valence-corrected chi connectivity index (χ0v) is 18.6. The van der Waals surface area contributed by atoms with Crippen LogP contribution in [0.3, 0.4) is 0 Å². The second-order valence-corrected chi connectivity index (χ2v) is 7.36. The molecule has 168 valence electrons. The number of rotatable bonds is 8. The molecule has 0 spiro atoms. The van der Waals surface area contributed by atoms with Crippen LogP contribution in [0.5, 0.6) is 11.5 Å². The molecule has 2 amide bonds. The van der Waals surface area contributed by atoms with Crippen molar-refractivity contribution in [3.05, 3.63) is 88.3 Å². The summed E-state index contributed by atoms with van der Waals surface area (Å²) in [6.45, 7) is -0.359. The number of hydrogen-bond donors (Lipinski definition) is 3. The summed E-state index contributed by atoms with van der Waals surface area (Å²) < 4.78 is 11.1. The van der Waals surface area contributed by atoms with Gasteiger partial charge in [-0.15, -0.1) is 0 Å². The number of carbonyl (C=O) groups is 3. The maximum Gasteiger partial charge on any atom is 0.336 e. The van der Waals surface area contributed by atoms with Gasteiger partial charge >= 0.3 is 5.97 Å². The number of nitrogens with zero attached hydrogens (tertiary/aromatic N) is 1. The molecule has 2 aromatic carbocycles. The zero-order valence-electron chi connectivity index (χ0n) is 17.0. The van der Waals surface area contributed by atoms with Crippen molar-refractivity contribution in [1.29, 1.82) is 0 Å². The lowest BCUT2D eigenvalue weighted by Gasteiger charge is -2.07. The molecule has 3 aromatic rings. The highest BCUT2D eigenvalue weighted by molar-refractivity contribution is 9.10. The van der Waals surface area contributed by atoms with Crippen molar-refractivity contribution in [2.75, 3.05) is 6.54 Å². The van der Waals surface area contributed by atoms with Gasteiger partial charge in [-0.3, -0.25) is 9.59 Å². The molecule has 3 rings (SSSR count). The topological polar surface area (TPSA) is 130 Å². The van der Waals surface area contributed by atoms with E-state index in [1.54, 1.807) is 42.5 Å². The summed E-state index contributed by atoms with van der Waals surface area (Å²) in [5.74, 6) is -1.29. The van der Waals surface area contributed by atoms with Gasteiger partial charge in [0.15, 0.2) is 0 Å². The van der Waals surface area contributed by atoms with Crippen molar-refractivity contribution in [3.63, 3.8) is 0 Å². The molecule has 0 fully saturated rings. The van der Waals surface area contributed by atoms with Gasteiger partial charge in [0.2, 0.25) is 0 Å². The number of esters is 1. The number of aromatic hydroxyl groups is 1. The molecule has 0 aliphatic heterocycles. The number of carbonyl (C=O) groups excluding carboxylic acids is 3. The molecule has 0 atom stereocenters. The van der Waals surface area contributed by atoms with Crippen molar-refractivity contribution >= 4 is 46.0 Å². The van der Waals surface area contributed by atoms with Crippen LogP contribution in [-0.2, 0) is 9.59 Å². The quantitative estimate of drug-likeness (QED) is 0.140. The fourth-order valence-corrected chi connectivity index (χ4v) is 2.91. The third-order valence-electron chi connectivity index (χ3n) is 4.06. The third kappa shape index (κ3) is 7.18. The minimum Gasteiger partial charge on any atom is -0.507 e. The molecule has 33 heavy (non-hydrogen) atoms. The van der Waals surface area contributed by atoms with Gasteiger partial charge in [0.1, 0.15) is 17.3 Å². The van der Waals surface area contributed by atoms with E-state index in [9.17, 15) is 19.5 Å². The first-order chi connectivity index (χ1) is 15.9. The molecule has 1 heterocycles. The van der Waals surface area contributed by atoms with E-state index in [-0.39, 0.29) is 23.6 Å². The lowest BCUT2D eigenvalue weighted by molar-refractivity contribution is -0.129. The Bertz CT molecular complexity index is 1200. The fourth-order valence-electron chi connectivity index (χ4n) is 2.53. The standard InChI is InChI=1S/C23H18BrN3O6/c24-16-7-9-20(33-22(30)10-8-17-4-3-11-32-17)15(12-16)13-26-27-21(29)14-25-23(31)18-5-1-2-6-19(18)28/h1-13,28H,14H2,(H,25,31)(H,27,29)/b10-8+,26-13+. The van der Waals surface area contributed by atoms with Gasteiger partial charge in [-0.25, -0.2) is 10.2 Å². The van der Waals surface area contributed by atoms with Crippen LogP contribution >= 0.6 is 15.9 Å². The number of halogens is 1. The summed E-state index contributed by atoms with van der Waals surface area (Å²) >= 11 is 3.33. The molecule has 0 bridgehead atoms. The maximum absolute atomic E-state index is 12.1. The van der Waals surface area contributed by atoms with Gasteiger partial charge < -0.3 is 19.6 Å². The van der Waals surface area contributed by atoms with Crippen molar-refractivity contribution in [2.24, 2.45) is 5.10 Å². The summed E-state index contributed by atoms with van der Waals surface area (Å²) in [5, 5.41) is 15.9. The number of benzene rings is 2. The number of hydrogen-bond acceptors (Lipinski definition) is 7. The van der Waals surface area contributed by atoms with Crippen molar-refractivity contribution in [2.45, 2.75) is 0 Å². The minimum atomic E-state index is -0.626. The molecule has 3 N–H and O–H groups in total. The van der Waals surface area contributed by atoms with E-state index < -0.39 is 17.8 Å². The molecule has 9 nitrogen and oxygen atoms in total. The molecule has 0 saturated carbocycles. The van der Waals surface area contributed by atoms with Gasteiger partial charge in [0.25, 0.3) is 11.8 Å². The van der Waals surface area contributed by atoms with Crippen molar-refractivity contribution < 1.29 is 28.6 Å². The largest absolute Gasteiger partial charge is 0.507 e. The molecule has 0 unspecified atom stereocenters. The van der Waals surface area contributed by atoms with E-state index >= 15 is 0 Å². The van der Waals surface area contributed by atoms with Crippen LogP contribution in [0.15, 0.2) is 80.9 Å². The average Bonchev–Trinajstić information content (AvgIpc) is 3.32. The van der Waals surface area contributed by atoms with E-state index in [0.717, 1.165) is 0 Å². The van der Waals surface area contributed by atoms with Crippen LogP contribution < -0.4 is 15.5 Å². The summed E-state index contributed by atoms with van der Waals surface area (Å²) in [5.41, 5.74) is 2.74. The summed E-state index contributed by atoms with van der Waals surface area (Å²) in [6.07, 6.45) is 5.47. The Hall–Kier alpha value is -4.18. The van der Waals surface area contributed by atoms with E-state index in [0.29, 0.717) is 15.8 Å². The van der Waals surface area contributed by atoms with Gasteiger partial charge in [-0.05, 0) is 48.5 Å². The van der Waals surface area contributed by atoms with E-state index in [4.69, 9.17) is 9.15 Å². The Morgan fingerprint density at radius 2 is 1.94 bits per heavy atom. The highest BCUT2D eigenvalue weighted by Gasteiger charge is 2.11. The highest BCUT2D eigenvalue weighted by Crippen LogP contribution is 2.22. The Balaban J connectivity index is 1.56. The number of nitrogens with one attached hydrogen (secondary N) is 2. The number of ether oxygens (including phenoxy) is 1. The second-order valence-electron chi connectivity index (χ2n) is 6.45. The Morgan fingerprint density at radius 1 is 1.12 bits per heavy atom. The number of amides is 2. The van der Waals surface area contributed by atoms with Crippen LogP contribution in [0.2, 0.25) is 0 Å². The van der Waals surface area contributed by atoms with Gasteiger partial charge in [0.05, 0.1) is 24.6 Å². The van der Waals surface area contributed by atoms with Crippen molar-refractivity contribution in [1.82, 2.24) is 10.7 Å². The summed E-state index contributed by atoms with van der Waals surface area (Å²) in [7, 11) is 0. The van der Waals surface area contributed by atoms with Gasteiger partial charge in [-0.2, -0.15) is 5.10 Å². The van der Waals surface area contributed by atoms with Crippen LogP contribution in [0.25, 0.3) is 6.08 Å². The predicted octanol–water partition coefficient (Wildman–Crippen LogP) is 3.25. The SMILES string of the molecule is O=C(CNC(=O)c1ccccc1O)N/N=C/c1cc(Br)ccc1OC(=O)/C=C/c1ccco1. The molecular formula is C23H18BrN3O6. The predicted molar refractivity (Wildman–Crippen MR) is 124 cm³/mol. The minimum absolute atomic E-state index is 0.0514.